The van der Waals surface area contributed by atoms with E-state index >= 15 is 0 Å². The van der Waals surface area contributed by atoms with Crippen LogP contribution < -0.4 is 0 Å². The standard InChI is InChI=1S/C9H14N4O3S/c14-8(15)6-17-9-10-11-12-13(9)5-7-1-3-16-4-2-7/h7H,1-6H2,(H,14,15). The topological polar surface area (TPSA) is 90.1 Å². The number of aromatic nitrogens is 4. The first-order valence-corrected chi connectivity index (χ1v) is 6.43. The number of hydrogen-bond acceptors (Lipinski definition) is 6. The highest BCUT2D eigenvalue weighted by Gasteiger charge is 2.17. The zero-order valence-corrected chi connectivity index (χ0v) is 10.1. The molecule has 0 radical (unpaired) electrons. The van der Waals surface area contributed by atoms with Crippen molar-refractivity contribution in [3.05, 3.63) is 0 Å². The average molecular weight is 258 g/mol. The average Bonchev–Trinajstić information content (AvgIpc) is 2.75. The summed E-state index contributed by atoms with van der Waals surface area (Å²) in [5, 5.41) is 20.5. The van der Waals surface area contributed by atoms with Gasteiger partial charge in [-0.2, -0.15) is 0 Å². The van der Waals surface area contributed by atoms with Gasteiger partial charge in [0.15, 0.2) is 0 Å². The van der Waals surface area contributed by atoms with Crippen molar-refractivity contribution in [3.8, 4) is 0 Å². The molecule has 2 heterocycles. The van der Waals surface area contributed by atoms with Gasteiger partial charge in [-0.25, -0.2) is 4.68 Å². The Kier molecular flexibility index (Phi) is 4.32. The van der Waals surface area contributed by atoms with E-state index in [1.807, 2.05) is 0 Å². The molecule has 0 bridgehead atoms. The molecule has 1 N–H and O–H groups in total. The first kappa shape index (κ1) is 12.3. The SMILES string of the molecule is O=C(O)CSc1nnnn1CC1CCOCC1. The van der Waals surface area contributed by atoms with E-state index in [9.17, 15) is 4.79 Å². The number of hydrogen-bond donors (Lipinski definition) is 1. The Morgan fingerprint density at radius 2 is 2.29 bits per heavy atom. The van der Waals surface area contributed by atoms with E-state index in [0.717, 1.165) is 44.4 Å². The summed E-state index contributed by atoms with van der Waals surface area (Å²) in [6.45, 7) is 2.30. The van der Waals surface area contributed by atoms with Gasteiger partial charge in [-0.05, 0) is 29.2 Å². The minimum atomic E-state index is -0.865. The largest absolute Gasteiger partial charge is 0.481 e. The third-order valence-corrected chi connectivity index (χ3v) is 3.54. The van der Waals surface area contributed by atoms with E-state index < -0.39 is 5.97 Å². The summed E-state index contributed by atoms with van der Waals surface area (Å²) in [4.78, 5) is 10.5. The molecule has 1 aliphatic heterocycles. The number of rotatable bonds is 5. The van der Waals surface area contributed by atoms with Gasteiger partial charge in [0, 0.05) is 19.8 Å². The molecule has 2 rings (SSSR count). The lowest BCUT2D eigenvalue weighted by atomic mass is 10.0. The van der Waals surface area contributed by atoms with Crippen molar-refractivity contribution in [2.24, 2.45) is 5.92 Å². The second kappa shape index (κ2) is 5.97. The molecule has 94 valence electrons. The smallest absolute Gasteiger partial charge is 0.313 e. The Labute approximate surface area is 103 Å². The van der Waals surface area contributed by atoms with Crippen LogP contribution in [0.3, 0.4) is 0 Å². The van der Waals surface area contributed by atoms with Crippen molar-refractivity contribution in [1.29, 1.82) is 0 Å². The van der Waals surface area contributed by atoms with Crippen LogP contribution in [-0.4, -0.2) is 50.2 Å². The number of carbonyl (C=O) groups is 1. The maximum Gasteiger partial charge on any atom is 0.313 e. The summed E-state index contributed by atoms with van der Waals surface area (Å²) in [6.07, 6.45) is 2.01. The summed E-state index contributed by atoms with van der Waals surface area (Å²) >= 11 is 1.15. The molecule has 8 heteroatoms. The number of carboxylic acid groups (broad SMARTS) is 1. The van der Waals surface area contributed by atoms with Crippen LogP contribution >= 0.6 is 11.8 Å². The summed E-state index contributed by atoms with van der Waals surface area (Å²) < 4.78 is 6.97. The second-order valence-corrected chi connectivity index (χ2v) is 4.82. The highest BCUT2D eigenvalue weighted by atomic mass is 32.2. The summed E-state index contributed by atoms with van der Waals surface area (Å²) in [5.41, 5.74) is 0. The molecule has 0 atom stereocenters. The van der Waals surface area contributed by atoms with Gasteiger partial charge in [-0.3, -0.25) is 4.79 Å². The van der Waals surface area contributed by atoms with Crippen molar-refractivity contribution in [3.63, 3.8) is 0 Å². The number of aliphatic carboxylic acids is 1. The molecule has 1 aromatic heterocycles. The van der Waals surface area contributed by atoms with Gasteiger partial charge in [0.05, 0.1) is 5.75 Å². The van der Waals surface area contributed by atoms with E-state index in [1.165, 1.54) is 0 Å². The molecule has 0 spiro atoms. The summed E-state index contributed by atoms with van der Waals surface area (Å²) in [6, 6.07) is 0. The zero-order chi connectivity index (χ0) is 12.1. The molecule has 0 unspecified atom stereocenters. The lowest BCUT2D eigenvalue weighted by Crippen LogP contribution is -2.21. The lowest BCUT2D eigenvalue weighted by molar-refractivity contribution is -0.133. The molecule has 17 heavy (non-hydrogen) atoms. The molecule has 0 aromatic carbocycles. The Hall–Kier alpha value is -1.15. The van der Waals surface area contributed by atoms with Gasteiger partial charge in [0.2, 0.25) is 5.16 Å². The third-order valence-electron chi connectivity index (χ3n) is 2.60. The number of thioether (sulfide) groups is 1. The lowest BCUT2D eigenvalue weighted by Gasteiger charge is -2.21. The van der Waals surface area contributed by atoms with Crippen LogP contribution in [0, 0.1) is 5.92 Å². The minimum Gasteiger partial charge on any atom is -0.481 e. The summed E-state index contributed by atoms with van der Waals surface area (Å²) in [7, 11) is 0. The van der Waals surface area contributed by atoms with Gasteiger partial charge < -0.3 is 9.84 Å². The van der Waals surface area contributed by atoms with Gasteiger partial charge in [-0.15, -0.1) is 5.10 Å². The first-order chi connectivity index (χ1) is 8.25. The first-order valence-electron chi connectivity index (χ1n) is 5.44. The Morgan fingerprint density at radius 1 is 1.53 bits per heavy atom. The minimum absolute atomic E-state index is 0.0197. The quantitative estimate of drug-likeness (QED) is 0.758. The summed E-state index contributed by atoms with van der Waals surface area (Å²) in [5.74, 6) is -0.374. The second-order valence-electron chi connectivity index (χ2n) is 3.88. The fourth-order valence-electron chi connectivity index (χ4n) is 1.71. The maximum atomic E-state index is 10.5. The van der Waals surface area contributed by atoms with Crippen molar-refractivity contribution in [2.75, 3.05) is 19.0 Å². The molecule has 7 nitrogen and oxygen atoms in total. The van der Waals surface area contributed by atoms with Gasteiger partial charge in [0.25, 0.3) is 0 Å². The van der Waals surface area contributed by atoms with E-state index in [1.54, 1.807) is 4.68 Å². The van der Waals surface area contributed by atoms with Crippen molar-refractivity contribution in [2.45, 2.75) is 24.5 Å². The highest BCUT2D eigenvalue weighted by molar-refractivity contribution is 7.99. The molecular weight excluding hydrogens is 244 g/mol. The van der Waals surface area contributed by atoms with Crippen LogP contribution in [0.4, 0.5) is 0 Å². The Bertz CT molecular complexity index is 378. The fourth-order valence-corrected chi connectivity index (χ4v) is 2.32. The highest BCUT2D eigenvalue weighted by Crippen LogP contribution is 2.19. The van der Waals surface area contributed by atoms with E-state index in [4.69, 9.17) is 9.84 Å². The maximum absolute atomic E-state index is 10.5. The van der Waals surface area contributed by atoms with Crippen LogP contribution in [0.25, 0.3) is 0 Å². The predicted molar refractivity (Wildman–Crippen MR) is 59.7 cm³/mol. The Morgan fingerprint density at radius 3 is 3.00 bits per heavy atom. The van der Waals surface area contributed by atoms with Crippen LogP contribution in [-0.2, 0) is 16.1 Å². The molecule has 1 saturated heterocycles. The number of tetrazole rings is 1. The van der Waals surface area contributed by atoms with E-state index in [2.05, 4.69) is 15.5 Å². The van der Waals surface area contributed by atoms with Gasteiger partial charge in [-0.1, -0.05) is 11.8 Å². The van der Waals surface area contributed by atoms with Crippen molar-refractivity contribution in [1.82, 2.24) is 20.2 Å². The van der Waals surface area contributed by atoms with Crippen molar-refractivity contribution < 1.29 is 14.6 Å². The van der Waals surface area contributed by atoms with Crippen LogP contribution in [0.2, 0.25) is 0 Å². The number of ether oxygens (including phenoxy) is 1. The molecule has 1 fully saturated rings. The van der Waals surface area contributed by atoms with Gasteiger partial charge in [0.1, 0.15) is 0 Å². The van der Waals surface area contributed by atoms with Crippen LogP contribution in [0.15, 0.2) is 5.16 Å². The number of carboxylic acids is 1. The Balaban J connectivity index is 1.91. The molecule has 1 aromatic rings. The molecule has 1 aliphatic rings. The predicted octanol–water partition coefficient (Wildman–Crippen LogP) is 0.276. The molecular formula is C9H14N4O3S. The molecule has 0 aliphatic carbocycles. The molecule has 0 amide bonds. The normalized spacial score (nSPS) is 17.2. The zero-order valence-electron chi connectivity index (χ0n) is 9.28. The van der Waals surface area contributed by atoms with Crippen LogP contribution in [0.5, 0.6) is 0 Å². The van der Waals surface area contributed by atoms with Crippen LogP contribution in [0.1, 0.15) is 12.8 Å². The number of nitrogens with zero attached hydrogens (tertiary/aromatic N) is 4. The monoisotopic (exact) mass is 258 g/mol. The third kappa shape index (κ3) is 3.67. The molecule has 0 saturated carbocycles. The van der Waals surface area contributed by atoms with E-state index in [-0.39, 0.29) is 5.75 Å². The van der Waals surface area contributed by atoms with E-state index in [0.29, 0.717) is 11.1 Å². The fraction of sp³-hybridized carbons (Fsp3) is 0.778. The van der Waals surface area contributed by atoms with Gasteiger partial charge >= 0.3 is 5.97 Å². The van der Waals surface area contributed by atoms with Crippen molar-refractivity contribution >= 4 is 17.7 Å².